The second-order valence-corrected chi connectivity index (χ2v) is 4.76. The molecule has 1 aromatic rings. The van der Waals surface area contributed by atoms with Gasteiger partial charge in [0.25, 0.3) is 0 Å². The third kappa shape index (κ3) is 3.68. The zero-order valence-electron chi connectivity index (χ0n) is 11.0. The number of carbonyl (C=O) groups is 1. The number of carboxylic acid groups (broad SMARTS) is 1. The minimum absolute atomic E-state index is 0.117. The summed E-state index contributed by atoms with van der Waals surface area (Å²) in [5.74, 6) is -0.769. The van der Waals surface area contributed by atoms with Crippen LogP contribution in [0.2, 0.25) is 0 Å². The van der Waals surface area contributed by atoms with E-state index in [9.17, 15) is 4.79 Å². The van der Waals surface area contributed by atoms with E-state index in [4.69, 9.17) is 10.2 Å². The zero-order valence-corrected chi connectivity index (χ0v) is 11.0. The lowest BCUT2D eigenvalue weighted by atomic mass is 10.1. The predicted octanol–water partition coefficient (Wildman–Crippen LogP) is 0.428. The highest BCUT2D eigenvalue weighted by atomic mass is 16.4. The van der Waals surface area contributed by atoms with Crippen molar-refractivity contribution in [3.63, 3.8) is 0 Å². The van der Waals surface area contributed by atoms with E-state index in [1.165, 1.54) is 0 Å². The average molecular weight is 264 g/mol. The molecule has 1 heterocycles. The van der Waals surface area contributed by atoms with Crippen molar-refractivity contribution >= 4 is 11.7 Å². The summed E-state index contributed by atoms with van der Waals surface area (Å²) in [6.45, 7) is 3.45. The molecule has 1 saturated heterocycles. The van der Waals surface area contributed by atoms with Crippen LogP contribution in [0.1, 0.15) is 5.56 Å². The Hall–Kier alpha value is -1.59. The van der Waals surface area contributed by atoms with Crippen LogP contribution in [-0.2, 0) is 11.2 Å². The maximum absolute atomic E-state index is 10.7. The van der Waals surface area contributed by atoms with E-state index in [1.54, 1.807) is 0 Å². The van der Waals surface area contributed by atoms with Crippen molar-refractivity contribution in [2.24, 2.45) is 0 Å². The number of piperazine rings is 1. The average Bonchev–Trinajstić information content (AvgIpc) is 2.40. The fourth-order valence-corrected chi connectivity index (χ4v) is 2.49. The topological polar surface area (TPSA) is 64.0 Å². The number of benzene rings is 1. The lowest BCUT2D eigenvalue weighted by Crippen LogP contribution is -2.48. The first kappa shape index (κ1) is 13.8. The summed E-state index contributed by atoms with van der Waals surface area (Å²) in [6.07, 6.45) is 0.658. The number of aliphatic carboxylic acids is 1. The van der Waals surface area contributed by atoms with Crippen LogP contribution in [0.4, 0.5) is 5.69 Å². The van der Waals surface area contributed by atoms with Crippen molar-refractivity contribution in [2.75, 3.05) is 44.2 Å². The number of hydrogen-bond acceptors (Lipinski definition) is 4. The fraction of sp³-hybridized carbons (Fsp3) is 0.500. The van der Waals surface area contributed by atoms with E-state index >= 15 is 0 Å². The van der Waals surface area contributed by atoms with Gasteiger partial charge in [-0.25, -0.2) is 0 Å². The number of aliphatic hydroxyl groups is 1. The first-order valence-corrected chi connectivity index (χ1v) is 6.58. The third-order valence-electron chi connectivity index (χ3n) is 3.44. The molecule has 0 atom stereocenters. The first-order valence-electron chi connectivity index (χ1n) is 6.58. The normalized spacial score (nSPS) is 16.6. The van der Waals surface area contributed by atoms with Gasteiger partial charge < -0.3 is 15.1 Å². The minimum atomic E-state index is -0.769. The molecular weight excluding hydrogens is 244 g/mol. The number of para-hydroxylation sites is 1. The molecule has 2 N–H and O–H groups in total. The monoisotopic (exact) mass is 264 g/mol. The molecule has 1 aliphatic heterocycles. The molecule has 0 unspecified atom stereocenters. The van der Waals surface area contributed by atoms with Crippen LogP contribution in [0.5, 0.6) is 0 Å². The summed E-state index contributed by atoms with van der Waals surface area (Å²) in [4.78, 5) is 14.9. The summed E-state index contributed by atoms with van der Waals surface area (Å²) in [6, 6.07) is 8.09. The van der Waals surface area contributed by atoms with Gasteiger partial charge in [0.05, 0.1) is 6.54 Å². The summed E-state index contributed by atoms with van der Waals surface area (Å²) in [5.41, 5.74) is 2.31. The number of anilines is 1. The second kappa shape index (κ2) is 6.54. The van der Waals surface area contributed by atoms with Crippen LogP contribution in [0, 0.1) is 0 Å². The molecular formula is C14H20N2O3. The largest absolute Gasteiger partial charge is 0.480 e. The SMILES string of the molecule is O=C(O)CN1CCN(c2ccccc2CCO)CC1. The highest BCUT2D eigenvalue weighted by Crippen LogP contribution is 2.22. The van der Waals surface area contributed by atoms with E-state index in [0.29, 0.717) is 6.42 Å². The van der Waals surface area contributed by atoms with Crippen molar-refractivity contribution < 1.29 is 15.0 Å². The zero-order chi connectivity index (χ0) is 13.7. The summed E-state index contributed by atoms with van der Waals surface area (Å²) in [7, 11) is 0. The van der Waals surface area contributed by atoms with E-state index in [0.717, 1.165) is 37.4 Å². The summed E-state index contributed by atoms with van der Waals surface area (Å²) in [5, 5.41) is 17.9. The molecule has 1 fully saturated rings. The van der Waals surface area contributed by atoms with Crippen LogP contribution < -0.4 is 4.90 Å². The van der Waals surface area contributed by atoms with Crippen molar-refractivity contribution in [1.29, 1.82) is 0 Å². The molecule has 0 spiro atoms. The molecule has 0 amide bonds. The molecule has 1 aromatic carbocycles. The highest BCUT2D eigenvalue weighted by Gasteiger charge is 2.20. The highest BCUT2D eigenvalue weighted by molar-refractivity contribution is 5.69. The Morgan fingerprint density at radius 3 is 2.47 bits per heavy atom. The molecule has 5 heteroatoms. The first-order chi connectivity index (χ1) is 9.20. The van der Waals surface area contributed by atoms with Crippen LogP contribution in [0.3, 0.4) is 0 Å². The van der Waals surface area contributed by atoms with Crippen molar-refractivity contribution in [1.82, 2.24) is 4.90 Å². The molecule has 5 nitrogen and oxygen atoms in total. The second-order valence-electron chi connectivity index (χ2n) is 4.76. The van der Waals surface area contributed by atoms with Crippen LogP contribution in [0.25, 0.3) is 0 Å². The Balaban J connectivity index is 1.99. The van der Waals surface area contributed by atoms with Crippen LogP contribution in [-0.4, -0.2) is 60.4 Å². The Labute approximate surface area is 113 Å². The van der Waals surface area contributed by atoms with Gasteiger partial charge in [0.1, 0.15) is 0 Å². The van der Waals surface area contributed by atoms with Crippen molar-refractivity contribution in [3.05, 3.63) is 29.8 Å². The molecule has 0 aromatic heterocycles. The molecule has 0 aliphatic carbocycles. The van der Waals surface area contributed by atoms with Crippen LogP contribution in [0.15, 0.2) is 24.3 Å². The van der Waals surface area contributed by atoms with Gasteiger partial charge in [-0.3, -0.25) is 9.69 Å². The molecule has 1 aliphatic rings. The maximum Gasteiger partial charge on any atom is 0.317 e. The molecule has 0 saturated carbocycles. The van der Waals surface area contributed by atoms with E-state index < -0.39 is 5.97 Å². The summed E-state index contributed by atoms with van der Waals surface area (Å²) >= 11 is 0. The van der Waals surface area contributed by atoms with Gasteiger partial charge >= 0.3 is 5.97 Å². The molecule has 0 bridgehead atoms. The van der Waals surface area contributed by atoms with Crippen molar-refractivity contribution in [3.8, 4) is 0 Å². The van der Waals surface area contributed by atoms with Crippen LogP contribution >= 0.6 is 0 Å². The maximum atomic E-state index is 10.7. The van der Waals surface area contributed by atoms with Crippen molar-refractivity contribution in [2.45, 2.75) is 6.42 Å². The Morgan fingerprint density at radius 2 is 1.84 bits per heavy atom. The van der Waals surface area contributed by atoms with Gasteiger partial charge in [0.15, 0.2) is 0 Å². The number of carboxylic acids is 1. The number of aliphatic hydroxyl groups excluding tert-OH is 1. The van der Waals surface area contributed by atoms with E-state index in [1.807, 2.05) is 23.1 Å². The van der Waals surface area contributed by atoms with Gasteiger partial charge in [-0.05, 0) is 18.1 Å². The van der Waals surface area contributed by atoms with Gasteiger partial charge in [0, 0.05) is 38.5 Å². The Bertz CT molecular complexity index is 428. The number of hydrogen-bond donors (Lipinski definition) is 2. The smallest absolute Gasteiger partial charge is 0.317 e. The lowest BCUT2D eigenvalue weighted by Gasteiger charge is -2.36. The Kier molecular flexibility index (Phi) is 4.76. The van der Waals surface area contributed by atoms with Gasteiger partial charge in [-0.1, -0.05) is 18.2 Å². The molecule has 0 radical (unpaired) electrons. The molecule has 19 heavy (non-hydrogen) atoms. The summed E-state index contributed by atoms with van der Waals surface area (Å²) < 4.78 is 0. The standard InChI is InChI=1S/C14H20N2O3/c17-10-5-12-3-1-2-4-13(12)16-8-6-15(7-9-16)11-14(18)19/h1-4,17H,5-11H2,(H,18,19). The van der Waals surface area contributed by atoms with Gasteiger partial charge in [0.2, 0.25) is 0 Å². The Morgan fingerprint density at radius 1 is 1.16 bits per heavy atom. The van der Waals surface area contributed by atoms with E-state index in [2.05, 4.69) is 11.0 Å². The van der Waals surface area contributed by atoms with Gasteiger partial charge in [-0.2, -0.15) is 0 Å². The third-order valence-corrected chi connectivity index (χ3v) is 3.44. The molecule has 2 rings (SSSR count). The lowest BCUT2D eigenvalue weighted by molar-refractivity contribution is -0.138. The quantitative estimate of drug-likeness (QED) is 0.807. The molecule has 104 valence electrons. The predicted molar refractivity (Wildman–Crippen MR) is 73.5 cm³/mol. The van der Waals surface area contributed by atoms with Gasteiger partial charge in [-0.15, -0.1) is 0 Å². The minimum Gasteiger partial charge on any atom is -0.480 e. The number of nitrogens with zero attached hydrogens (tertiary/aromatic N) is 2. The fourth-order valence-electron chi connectivity index (χ4n) is 2.49. The number of rotatable bonds is 5. The van der Waals surface area contributed by atoms with E-state index in [-0.39, 0.29) is 13.2 Å².